The zero-order chi connectivity index (χ0) is 18.5. The quantitative estimate of drug-likeness (QED) is 0.714. The van der Waals surface area contributed by atoms with E-state index in [-0.39, 0.29) is 17.4 Å². The van der Waals surface area contributed by atoms with Crippen molar-refractivity contribution < 1.29 is 4.79 Å². The molecule has 2 N–H and O–H groups in total. The van der Waals surface area contributed by atoms with Crippen LogP contribution in [0.25, 0.3) is 10.9 Å². The number of H-pyrrole nitrogens is 1. The van der Waals surface area contributed by atoms with Gasteiger partial charge in [0, 0.05) is 24.0 Å². The molecule has 3 aromatic rings. The van der Waals surface area contributed by atoms with Crippen molar-refractivity contribution >= 4 is 16.8 Å². The largest absolute Gasteiger partial charge is 0.356 e. The van der Waals surface area contributed by atoms with E-state index in [0.29, 0.717) is 24.9 Å². The summed E-state index contributed by atoms with van der Waals surface area (Å²) >= 11 is 0. The molecule has 0 aliphatic carbocycles. The molecule has 0 spiro atoms. The van der Waals surface area contributed by atoms with Gasteiger partial charge < -0.3 is 10.3 Å². The second-order valence-corrected chi connectivity index (χ2v) is 6.83. The minimum Gasteiger partial charge on any atom is -0.356 e. The summed E-state index contributed by atoms with van der Waals surface area (Å²) in [6.45, 7) is 4.53. The van der Waals surface area contributed by atoms with E-state index < -0.39 is 0 Å². The van der Waals surface area contributed by atoms with Crippen LogP contribution in [0.2, 0.25) is 0 Å². The predicted molar refractivity (Wildman–Crippen MR) is 105 cm³/mol. The van der Waals surface area contributed by atoms with E-state index in [4.69, 9.17) is 0 Å². The molecule has 0 fully saturated rings. The van der Waals surface area contributed by atoms with Gasteiger partial charge in [0.25, 0.3) is 5.56 Å². The Hall–Kier alpha value is -2.88. The third-order valence-electron chi connectivity index (χ3n) is 4.65. The maximum absolute atomic E-state index is 12.2. The van der Waals surface area contributed by atoms with Crippen LogP contribution in [0.1, 0.15) is 36.0 Å². The normalized spacial score (nSPS) is 12.1. The van der Waals surface area contributed by atoms with E-state index in [1.54, 1.807) is 0 Å². The summed E-state index contributed by atoms with van der Waals surface area (Å²) in [5.74, 6) is 0.178. The van der Waals surface area contributed by atoms with Gasteiger partial charge in [-0.1, -0.05) is 48.9 Å². The van der Waals surface area contributed by atoms with Gasteiger partial charge in [-0.3, -0.25) is 9.59 Å². The fraction of sp³-hybridized carbons (Fsp3) is 0.273. The third kappa shape index (κ3) is 4.39. The van der Waals surface area contributed by atoms with Crippen molar-refractivity contribution in [1.29, 1.82) is 0 Å². The van der Waals surface area contributed by atoms with Crippen LogP contribution < -0.4 is 10.9 Å². The highest BCUT2D eigenvalue weighted by Gasteiger charge is 2.11. The summed E-state index contributed by atoms with van der Waals surface area (Å²) in [5.41, 5.74) is 3.75. The summed E-state index contributed by atoms with van der Waals surface area (Å²) < 4.78 is 0. The third-order valence-corrected chi connectivity index (χ3v) is 4.65. The number of rotatable bonds is 6. The first-order valence-electron chi connectivity index (χ1n) is 8.97. The Kier molecular flexibility index (Phi) is 5.52. The molecular weight excluding hydrogens is 324 g/mol. The van der Waals surface area contributed by atoms with Gasteiger partial charge in [-0.15, -0.1) is 0 Å². The number of fused-ring (bicyclic) bond motifs is 1. The lowest BCUT2D eigenvalue weighted by Gasteiger charge is -2.12. The van der Waals surface area contributed by atoms with Crippen molar-refractivity contribution in [3.8, 4) is 0 Å². The molecule has 1 unspecified atom stereocenters. The summed E-state index contributed by atoms with van der Waals surface area (Å²) in [7, 11) is 0. The number of aryl methyl sites for hydroxylation is 1. The molecule has 1 atom stereocenters. The summed E-state index contributed by atoms with van der Waals surface area (Å²) in [4.78, 5) is 27.3. The predicted octanol–water partition coefficient (Wildman–Crippen LogP) is 3.69. The maximum atomic E-state index is 12.2. The second kappa shape index (κ2) is 8.00. The average molecular weight is 348 g/mol. The first-order chi connectivity index (χ1) is 12.5. The molecule has 1 aromatic heterocycles. The van der Waals surface area contributed by atoms with Gasteiger partial charge in [-0.2, -0.15) is 0 Å². The standard InChI is InChI=1S/C22H24N2O2/c1-15-8-9-20-19(12-15)14-18(22(26)24-20)10-11-23-21(25)13-16(2)17-6-4-3-5-7-17/h3-9,12,14,16H,10-11,13H2,1-2H3,(H,23,25)(H,24,26). The highest BCUT2D eigenvalue weighted by Crippen LogP contribution is 2.18. The van der Waals surface area contributed by atoms with E-state index >= 15 is 0 Å². The van der Waals surface area contributed by atoms with Crippen molar-refractivity contribution in [2.45, 2.75) is 32.6 Å². The van der Waals surface area contributed by atoms with Crippen LogP contribution in [0, 0.1) is 6.92 Å². The molecule has 0 aliphatic heterocycles. The molecule has 4 heteroatoms. The van der Waals surface area contributed by atoms with Crippen LogP contribution in [0.15, 0.2) is 59.4 Å². The number of hydrogen-bond acceptors (Lipinski definition) is 2. The van der Waals surface area contributed by atoms with Gasteiger partial charge in [0.15, 0.2) is 0 Å². The number of benzene rings is 2. The zero-order valence-corrected chi connectivity index (χ0v) is 15.2. The van der Waals surface area contributed by atoms with Crippen molar-refractivity contribution in [3.63, 3.8) is 0 Å². The number of carbonyl (C=O) groups excluding carboxylic acids is 1. The highest BCUT2D eigenvalue weighted by molar-refractivity contribution is 5.79. The lowest BCUT2D eigenvalue weighted by molar-refractivity contribution is -0.121. The van der Waals surface area contributed by atoms with Crippen molar-refractivity contribution in [3.05, 3.63) is 81.6 Å². The summed E-state index contributed by atoms with van der Waals surface area (Å²) in [6.07, 6.45) is 0.960. The molecule has 3 rings (SSSR count). The van der Waals surface area contributed by atoms with Gasteiger partial charge in [0.1, 0.15) is 0 Å². The van der Waals surface area contributed by atoms with Crippen LogP contribution >= 0.6 is 0 Å². The molecular formula is C22H24N2O2. The summed E-state index contributed by atoms with van der Waals surface area (Å²) in [5, 5.41) is 3.94. The number of aromatic nitrogens is 1. The number of nitrogens with one attached hydrogen (secondary N) is 2. The van der Waals surface area contributed by atoms with Crippen molar-refractivity contribution in [2.75, 3.05) is 6.54 Å². The van der Waals surface area contributed by atoms with E-state index in [2.05, 4.69) is 16.4 Å². The monoisotopic (exact) mass is 348 g/mol. The molecule has 4 nitrogen and oxygen atoms in total. The lowest BCUT2D eigenvalue weighted by atomic mass is 9.97. The van der Waals surface area contributed by atoms with Crippen LogP contribution in [-0.2, 0) is 11.2 Å². The Balaban J connectivity index is 1.57. The average Bonchev–Trinajstić information content (AvgIpc) is 2.63. The van der Waals surface area contributed by atoms with Crippen LogP contribution in [0.3, 0.4) is 0 Å². The Morgan fingerprint density at radius 2 is 1.88 bits per heavy atom. The molecule has 0 radical (unpaired) electrons. The molecule has 1 heterocycles. The summed E-state index contributed by atoms with van der Waals surface area (Å²) in [6, 6.07) is 17.9. The molecule has 0 aliphatic rings. The van der Waals surface area contributed by atoms with E-state index in [1.807, 2.05) is 62.4 Å². The first-order valence-corrected chi connectivity index (χ1v) is 8.97. The Labute approximate surface area is 153 Å². The maximum Gasteiger partial charge on any atom is 0.251 e. The van der Waals surface area contributed by atoms with Crippen molar-refractivity contribution in [1.82, 2.24) is 10.3 Å². The van der Waals surface area contributed by atoms with Gasteiger partial charge in [0.05, 0.1) is 0 Å². The minimum absolute atomic E-state index is 0.00872. The molecule has 26 heavy (non-hydrogen) atoms. The fourth-order valence-electron chi connectivity index (χ4n) is 3.14. The number of carbonyl (C=O) groups is 1. The molecule has 0 bridgehead atoms. The minimum atomic E-state index is -0.0896. The molecule has 0 saturated heterocycles. The number of aromatic amines is 1. The molecule has 0 saturated carbocycles. The first kappa shape index (κ1) is 17.9. The second-order valence-electron chi connectivity index (χ2n) is 6.83. The molecule has 134 valence electrons. The lowest BCUT2D eigenvalue weighted by Crippen LogP contribution is -2.28. The molecule has 2 aromatic carbocycles. The topological polar surface area (TPSA) is 62.0 Å². The SMILES string of the molecule is Cc1ccc2[nH]c(=O)c(CCNC(=O)CC(C)c3ccccc3)cc2c1. The number of amides is 1. The smallest absolute Gasteiger partial charge is 0.251 e. The van der Waals surface area contributed by atoms with Gasteiger partial charge in [-0.05, 0) is 48.4 Å². The van der Waals surface area contributed by atoms with Gasteiger partial charge in [-0.25, -0.2) is 0 Å². The van der Waals surface area contributed by atoms with Crippen LogP contribution in [0.4, 0.5) is 0 Å². The highest BCUT2D eigenvalue weighted by atomic mass is 16.1. The Morgan fingerprint density at radius 1 is 1.12 bits per heavy atom. The van der Waals surface area contributed by atoms with Gasteiger partial charge in [0.2, 0.25) is 5.91 Å². The molecule has 1 amide bonds. The fourth-order valence-corrected chi connectivity index (χ4v) is 3.14. The van der Waals surface area contributed by atoms with E-state index in [0.717, 1.165) is 22.0 Å². The number of hydrogen-bond donors (Lipinski definition) is 2. The Bertz CT molecular complexity index is 961. The number of pyridine rings is 1. The van der Waals surface area contributed by atoms with Crippen LogP contribution in [-0.4, -0.2) is 17.4 Å². The van der Waals surface area contributed by atoms with Gasteiger partial charge >= 0.3 is 0 Å². The Morgan fingerprint density at radius 3 is 2.65 bits per heavy atom. The van der Waals surface area contributed by atoms with Crippen molar-refractivity contribution in [2.24, 2.45) is 0 Å². The zero-order valence-electron chi connectivity index (χ0n) is 15.2. The van der Waals surface area contributed by atoms with Crippen LogP contribution in [0.5, 0.6) is 0 Å². The van der Waals surface area contributed by atoms with E-state index in [1.165, 1.54) is 0 Å². The van der Waals surface area contributed by atoms with E-state index in [9.17, 15) is 9.59 Å².